The fourth-order valence-corrected chi connectivity index (χ4v) is 2.29. The van der Waals surface area contributed by atoms with Gasteiger partial charge in [-0.3, -0.25) is 4.68 Å². The SMILES string of the molecule is CCn1c(CNc2ccn(C)n2)nc2ccccc21. The van der Waals surface area contributed by atoms with E-state index in [1.807, 2.05) is 37.5 Å². The summed E-state index contributed by atoms with van der Waals surface area (Å²) in [4.78, 5) is 4.67. The van der Waals surface area contributed by atoms with Crippen LogP contribution in [0.25, 0.3) is 11.0 Å². The van der Waals surface area contributed by atoms with E-state index in [0.717, 1.165) is 23.7 Å². The zero-order chi connectivity index (χ0) is 13.2. The maximum absolute atomic E-state index is 4.67. The molecule has 5 nitrogen and oxygen atoms in total. The molecule has 0 bridgehead atoms. The smallest absolute Gasteiger partial charge is 0.148 e. The third-order valence-corrected chi connectivity index (χ3v) is 3.19. The first-order valence-corrected chi connectivity index (χ1v) is 6.45. The van der Waals surface area contributed by atoms with Gasteiger partial charge < -0.3 is 9.88 Å². The minimum Gasteiger partial charge on any atom is -0.361 e. The lowest BCUT2D eigenvalue weighted by Crippen LogP contribution is -2.08. The molecule has 0 saturated carbocycles. The summed E-state index contributed by atoms with van der Waals surface area (Å²) in [7, 11) is 1.91. The van der Waals surface area contributed by atoms with Crippen LogP contribution in [0.3, 0.4) is 0 Å². The summed E-state index contributed by atoms with van der Waals surface area (Å²) in [5.74, 6) is 1.91. The van der Waals surface area contributed by atoms with E-state index in [2.05, 4.69) is 33.0 Å². The highest BCUT2D eigenvalue weighted by Gasteiger charge is 2.08. The van der Waals surface area contributed by atoms with Gasteiger partial charge >= 0.3 is 0 Å². The summed E-state index contributed by atoms with van der Waals surface area (Å²) in [6.07, 6.45) is 1.92. The molecule has 98 valence electrons. The van der Waals surface area contributed by atoms with E-state index in [4.69, 9.17) is 0 Å². The Balaban J connectivity index is 1.87. The molecule has 0 aliphatic rings. The predicted molar refractivity (Wildman–Crippen MR) is 75.9 cm³/mol. The first-order valence-electron chi connectivity index (χ1n) is 6.45. The average Bonchev–Trinajstić information content (AvgIpc) is 2.99. The van der Waals surface area contributed by atoms with Gasteiger partial charge in [0.1, 0.15) is 11.6 Å². The number of fused-ring (bicyclic) bond motifs is 1. The second-order valence-electron chi connectivity index (χ2n) is 4.49. The van der Waals surface area contributed by atoms with Crippen molar-refractivity contribution in [1.82, 2.24) is 19.3 Å². The van der Waals surface area contributed by atoms with Crippen molar-refractivity contribution < 1.29 is 0 Å². The Morgan fingerprint density at radius 1 is 1.21 bits per heavy atom. The van der Waals surface area contributed by atoms with Crippen molar-refractivity contribution in [3.63, 3.8) is 0 Å². The molecule has 0 unspecified atom stereocenters. The van der Waals surface area contributed by atoms with E-state index in [-0.39, 0.29) is 0 Å². The number of aromatic nitrogens is 4. The second kappa shape index (κ2) is 4.76. The Morgan fingerprint density at radius 2 is 2.05 bits per heavy atom. The molecule has 2 aromatic heterocycles. The van der Waals surface area contributed by atoms with Crippen molar-refractivity contribution in [2.45, 2.75) is 20.0 Å². The van der Waals surface area contributed by atoms with Crippen LogP contribution in [0.5, 0.6) is 0 Å². The molecule has 3 aromatic rings. The van der Waals surface area contributed by atoms with Gasteiger partial charge in [-0.1, -0.05) is 12.1 Å². The number of hydrogen-bond donors (Lipinski definition) is 1. The highest BCUT2D eigenvalue weighted by Crippen LogP contribution is 2.16. The number of nitrogens with one attached hydrogen (secondary N) is 1. The monoisotopic (exact) mass is 255 g/mol. The van der Waals surface area contributed by atoms with Crippen molar-refractivity contribution in [3.8, 4) is 0 Å². The first-order chi connectivity index (χ1) is 9.28. The summed E-state index contributed by atoms with van der Waals surface area (Å²) in [5.41, 5.74) is 2.23. The van der Waals surface area contributed by atoms with Gasteiger partial charge in [-0.25, -0.2) is 4.98 Å². The van der Waals surface area contributed by atoms with Crippen LogP contribution in [0.2, 0.25) is 0 Å². The lowest BCUT2D eigenvalue weighted by atomic mass is 10.3. The van der Waals surface area contributed by atoms with Gasteiger partial charge in [0, 0.05) is 25.9 Å². The molecule has 2 heterocycles. The van der Waals surface area contributed by atoms with E-state index in [0.29, 0.717) is 6.54 Å². The minimum absolute atomic E-state index is 0.680. The van der Waals surface area contributed by atoms with Crippen molar-refractivity contribution in [2.24, 2.45) is 7.05 Å². The maximum Gasteiger partial charge on any atom is 0.148 e. The predicted octanol–water partition coefficient (Wildman–Crippen LogP) is 2.40. The highest BCUT2D eigenvalue weighted by molar-refractivity contribution is 5.75. The molecule has 3 rings (SSSR count). The summed E-state index contributed by atoms with van der Waals surface area (Å²) in [5, 5.41) is 7.61. The highest BCUT2D eigenvalue weighted by atomic mass is 15.3. The molecule has 0 spiro atoms. The average molecular weight is 255 g/mol. The summed E-state index contributed by atoms with van der Waals surface area (Å²) < 4.78 is 4.01. The van der Waals surface area contributed by atoms with Gasteiger partial charge in [-0.05, 0) is 19.1 Å². The normalized spacial score (nSPS) is 11.1. The van der Waals surface area contributed by atoms with Crippen LogP contribution in [0.4, 0.5) is 5.82 Å². The quantitative estimate of drug-likeness (QED) is 0.778. The molecular weight excluding hydrogens is 238 g/mol. The van der Waals surface area contributed by atoms with Gasteiger partial charge in [0.05, 0.1) is 17.6 Å². The van der Waals surface area contributed by atoms with E-state index in [9.17, 15) is 0 Å². The number of hydrogen-bond acceptors (Lipinski definition) is 3. The molecule has 0 amide bonds. The number of benzene rings is 1. The van der Waals surface area contributed by atoms with E-state index >= 15 is 0 Å². The molecule has 0 saturated heterocycles. The summed E-state index contributed by atoms with van der Waals surface area (Å²) in [6, 6.07) is 10.2. The van der Waals surface area contributed by atoms with Crippen molar-refractivity contribution in [1.29, 1.82) is 0 Å². The molecule has 0 aliphatic heterocycles. The van der Waals surface area contributed by atoms with Crippen LogP contribution < -0.4 is 5.32 Å². The number of nitrogens with zero attached hydrogens (tertiary/aromatic N) is 4. The van der Waals surface area contributed by atoms with Crippen LogP contribution in [0, 0.1) is 0 Å². The van der Waals surface area contributed by atoms with E-state index < -0.39 is 0 Å². The fraction of sp³-hybridized carbons (Fsp3) is 0.286. The fourth-order valence-electron chi connectivity index (χ4n) is 2.29. The van der Waals surface area contributed by atoms with Crippen molar-refractivity contribution in [3.05, 3.63) is 42.4 Å². The lowest BCUT2D eigenvalue weighted by Gasteiger charge is -2.06. The first kappa shape index (κ1) is 11.8. The third-order valence-electron chi connectivity index (χ3n) is 3.19. The van der Waals surface area contributed by atoms with Crippen molar-refractivity contribution >= 4 is 16.9 Å². The van der Waals surface area contributed by atoms with Gasteiger partial charge in [0.2, 0.25) is 0 Å². The van der Waals surface area contributed by atoms with Crippen LogP contribution in [0.1, 0.15) is 12.7 Å². The Bertz CT molecular complexity index is 695. The Labute approximate surface area is 111 Å². The zero-order valence-corrected chi connectivity index (χ0v) is 11.2. The number of para-hydroxylation sites is 2. The molecule has 5 heteroatoms. The molecular formula is C14H17N5. The van der Waals surface area contributed by atoms with Gasteiger partial charge in [-0.15, -0.1) is 0 Å². The minimum atomic E-state index is 0.680. The van der Waals surface area contributed by atoms with Gasteiger partial charge in [0.15, 0.2) is 0 Å². The largest absolute Gasteiger partial charge is 0.361 e. The van der Waals surface area contributed by atoms with Crippen LogP contribution in [-0.4, -0.2) is 19.3 Å². The standard InChI is InChI=1S/C14H17N5/c1-3-19-12-7-5-4-6-11(12)16-14(19)10-15-13-8-9-18(2)17-13/h4-9H,3,10H2,1-2H3,(H,15,17). The number of anilines is 1. The third kappa shape index (κ3) is 2.19. The number of rotatable bonds is 4. The summed E-state index contributed by atoms with van der Waals surface area (Å²) in [6.45, 7) is 3.73. The molecule has 0 fully saturated rings. The Hall–Kier alpha value is -2.30. The number of aryl methyl sites for hydroxylation is 2. The number of imidazole rings is 1. The van der Waals surface area contributed by atoms with Gasteiger partial charge in [-0.2, -0.15) is 5.10 Å². The summed E-state index contributed by atoms with van der Waals surface area (Å²) >= 11 is 0. The topological polar surface area (TPSA) is 47.7 Å². The van der Waals surface area contributed by atoms with Crippen LogP contribution >= 0.6 is 0 Å². The van der Waals surface area contributed by atoms with E-state index in [1.165, 1.54) is 5.52 Å². The Morgan fingerprint density at radius 3 is 2.79 bits per heavy atom. The van der Waals surface area contributed by atoms with E-state index in [1.54, 1.807) is 4.68 Å². The molecule has 19 heavy (non-hydrogen) atoms. The lowest BCUT2D eigenvalue weighted by molar-refractivity contribution is 0.724. The molecule has 0 radical (unpaired) electrons. The molecule has 0 atom stereocenters. The van der Waals surface area contributed by atoms with Crippen LogP contribution in [0.15, 0.2) is 36.5 Å². The van der Waals surface area contributed by atoms with Gasteiger partial charge in [0.25, 0.3) is 0 Å². The molecule has 1 N–H and O–H groups in total. The molecule has 0 aliphatic carbocycles. The second-order valence-corrected chi connectivity index (χ2v) is 4.49. The maximum atomic E-state index is 4.67. The zero-order valence-electron chi connectivity index (χ0n) is 11.2. The van der Waals surface area contributed by atoms with Crippen molar-refractivity contribution in [2.75, 3.05) is 5.32 Å². The molecule has 1 aromatic carbocycles. The Kier molecular flexibility index (Phi) is 2.95. The van der Waals surface area contributed by atoms with Crippen LogP contribution in [-0.2, 0) is 20.1 Å².